The summed E-state index contributed by atoms with van der Waals surface area (Å²) in [6, 6.07) is 0. The molecule has 0 aliphatic heterocycles. The third-order valence-electron chi connectivity index (χ3n) is 1.14. The molecule has 3 nitrogen and oxygen atoms in total. The predicted octanol–water partition coefficient (Wildman–Crippen LogP) is 1.92. The lowest BCUT2D eigenvalue weighted by Gasteiger charge is -1.92. The molecule has 0 saturated heterocycles. The second kappa shape index (κ2) is 6.69. The first-order valence-electron chi connectivity index (χ1n) is 3.28. The lowest BCUT2D eigenvalue weighted by atomic mass is 10.2. The van der Waals surface area contributed by atoms with Crippen LogP contribution in [-0.2, 0) is 9.36 Å². The third-order valence-corrected chi connectivity index (χ3v) is 1.64. The SMILES string of the molecule is O=PCCCCCC(=O)O. The Morgan fingerprint density at radius 1 is 1.30 bits per heavy atom. The normalized spacial score (nSPS) is 10.0. The van der Waals surface area contributed by atoms with Crippen molar-refractivity contribution < 1.29 is 14.5 Å². The molecule has 0 fully saturated rings. The van der Waals surface area contributed by atoms with Gasteiger partial charge in [0, 0.05) is 12.6 Å². The first kappa shape index (κ1) is 9.57. The zero-order valence-corrected chi connectivity index (χ0v) is 6.64. The van der Waals surface area contributed by atoms with Crippen LogP contribution in [0.15, 0.2) is 0 Å². The van der Waals surface area contributed by atoms with Crippen LogP contribution in [0.1, 0.15) is 25.7 Å². The van der Waals surface area contributed by atoms with Gasteiger partial charge >= 0.3 is 5.97 Å². The van der Waals surface area contributed by atoms with Crippen LogP contribution in [0.3, 0.4) is 0 Å². The van der Waals surface area contributed by atoms with E-state index in [1.165, 1.54) is 0 Å². The van der Waals surface area contributed by atoms with E-state index in [1.54, 1.807) is 0 Å². The van der Waals surface area contributed by atoms with Crippen molar-refractivity contribution in [1.82, 2.24) is 0 Å². The molecule has 0 aromatic rings. The van der Waals surface area contributed by atoms with E-state index in [9.17, 15) is 9.36 Å². The van der Waals surface area contributed by atoms with Gasteiger partial charge in [-0.1, -0.05) is 6.42 Å². The molecular weight excluding hydrogens is 151 g/mol. The Hall–Kier alpha value is -0.430. The highest BCUT2D eigenvalue weighted by atomic mass is 31.1. The molecule has 0 spiro atoms. The minimum Gasteiger partial charge on any atom is -0.481 e. The summed E-state index contributed by atoms with van der Waals surface area (Å²) < 4.78 is 9.88. The van der Waals surface area contributed by atoms with E-state index in [4.69, 9.17) is 5.11 Å². The molecule has 0 radical (unpaired) electrons. The first-order valence-corrected chi connectivity index (χ1v) is 4.28. The van der Waals surface area contributed by atoms with E-state index in [0.717, 1.165) is 12.8 Å². The predicted molar refractivity (Wildman–Crippen MR) is 38.6 cm³/mol. The highest BCUT2D eigenvalue weighted by Gasteiger charge is 1.95. The molecule has 0 aromatic carbocycles. The van der Waals surface area contributed by atoms with Gasteiger partial charge in [-0.2, -0.15) is 0 Å². The van der Waals surface area contributed by atoms with E-state index in [2.05, 4.69) is 0 Å². The Bertz CT molecular complexity index is 114. The summed E-state index contributed by atoms with van der Waals surface area (Å²) in [5.74, 6) is -0.750. The molecule has 0 aromatic heterocycles. The molecule has 0 bridgehead atoms. The van der Waals surface area contributed by atoms with Crippen molar-refractivity contribution in [1.29, 1.82) is 0 Å². The fourth-order valence-corrected chi connectivity index (χ4v) is 0.982. The van der Waals surface area contributed by atoms with Crippen molar-refractivity contribution >= 4 is 14.4 Å². The van der Waals surface area contributed by atoms with E-state index in [1.807, 2.05) is 0 Å². The largest absolute Gasteiger partial charge is 0.481 e. The van der Waals surface area contributed by atoms with Crippen molar-refractivity contribution in [3.8, 4) is 0 Å². The smallest absolute Gasteiger partial charge is 0.303 e. The quantitative estimate of drug-likeness (QED) is 0.479. The maximum atomic E-state index is 9.97. The standard InChI is InChI=1S/C6H11O3P/c7-6(8)4-2-1-3-5-10-9/h1-5H2,(H,7,8). The van der Waals surface area contributed by atoms with Crippen molar-refractivity contribution in [2.45, 2.75) is 25.7 Å². The number of carboxylic acids is 1. The number of carboxylic acid groups (broad SMARTS) is 1. The lowest BCUT2D eigenvalue weighted by Crippen LogP contribution is -1.93. The van der Waals surface area contributed by atoms with Gasteiger partial charge in [-0.05, 0) is 12.8 Å². The molecule has 0 rings (SSSR count). The summed E-state index contributed by atoms with van der Waals surface area (Å²) in [6.45, 7) is 0. The van der Waals surface area contributed by atoms with Crippen molar-refractivity contribution in [2.24, 2.45) is 0 Å². The fraction of sp³-hybridized carbons (Fsp3) is 0.833. The van der Waals surface area contributed by atoms with Crippen molar-refractivity contribution in [2.75, 3.05) is 6.16 Å². The minimum absolute atomic E-state index is 0.165. The molecule has 10 heavy (non-hydrogen) atoms. The van der Waals surface area contributed by atoms with Gasteiger partial charge in [0.25, 0.3) is 0 Å². The number of aliphatic carboxylic acids is 1. The summed E-state index contributed by atoms with van der Waals surface area (Å²) in [5, 5.41) is 8.21. The Labute approximate surface area is 61.6 Å². The molecule has 4 heteroatoms. The maximum Gasteiger partial charge on any atom is 0.303 e. The number of hydrogen-bond donors (Lipinski definition) is 1. The second-order valence-electron chi connectivity index (χ2n) is 2.06. The Kier molecular flexibility index (Phi) is 6.40. The van der Waals surface area contributed by atoms with Crippen LogP contribution in [0.25, 0.3) is 0 Å². The van der Waals surface area contributed by atoms with Gasteiger partial charge in [-0.25, -0.2) is 0 Å². The molecule has 0 heterocycles. The average Bonchev–Trinajstić information content (AvgIpc) is 1.87. The zero-order chi connectivity index (χ0) is 7.82. The third kappa shape index (κ3) is 7.57. The summed E-state index contributed by atoms with van der Waals surface area (Å²) in [6.07, 6.45) is 3.31. The minimum atomic E-state index is -0.750. The van der Waals surface area contributed by atoms with Crippen LogP contribution < -0.4 is 0 Å². The molecule has 0 aliphatic carbocycles. The second-order valence-corrected chi connectivity index (χ2v) is 2.76. The van der Waals surface area contributed by atoms with E-state index < -0.39 is 5.97 Å². The van der Waals surface area contributed by atoms with E-state index >= 15 is 0 Å². The van der Waals surface area contributed by atoms with Crippen LogP contribution in [-0.4, -0.2) is 17.2 Å². The molecule has 0 atom stereocenters. The highest BCUT2D eigenvalue weighted by Crippen LogP contribution is 2.03. The number of hydrogen-bond acceptors (Lipinski definition) is 2. The van der Waals surface area contributed by atoms with Gasteiger partial charge in [0.2, 0.25) is 0 Å². The summed E-state index contributed by atoms with van der Waals surface area (Å²) in [4.78, 5) is 9.97. The van der Waals surface area contributed by atoms with Crippen LogP contribution in [0, 0.1) is 0 Å². The van der Waals surface area contributed by atoms with Gasteiger partial charge < -0.3 is 5.11 Å². The van der Waals surface area contributed by atoms with Gasteiger partial charge in [-0.3, -0.25) is 9.36 Å². The van der Waals surface area contributed by atoms with Crippen LogP contribution in [0.4, 0.5) is 0 Å². The number of unbranched alkanes of at least 4 members (excludes halogenated alkanes) is 2. The average molecular weight is 162 g/mol. The lowest BCUT2D eigenvalue weighted by molar-refractivity contribution is -0.137. The Balaban J connectivity index is 2.90. The molecule has 0 amide bonds. The van der Waals surface area contributed by atoms with Gasteiger partial charge in [0.1, 0.15) is 0 Å². The van der Waals surface area contributed by atoms with Crippen molar-refractivity contribution in [3.63, 3.8) is 0 Å². The summed E-state index contributed by atoms with van der Waals surface area (Å²) in [5.41, 5.74) is 0. The molecule has 0 saturated carbocycles. The molecular formula is C6H11O3P. The zero-order valence-electron chi connectivity index (χ0n) is 5.75. The van der Waals surface area contributed by atoms with Gasteiger partial charge in [0.15, 0.2) is 8.46 Å². The van der Waals surface area contributed by atoms with Crippen LogP contribution >= 0.6 is 8.46 Å². The Morgan fingerprint density at radius 3 is 2.50 bits per heavy atom. The summed E-state index contributed by atoms with van der Waals surface area (Å²) >= 11 is 0. The van der Waals surface area contributed by atoms with Crippen LogP contribution in [0.5, 0.6) is 0 Å². The Morgan fingerprint density at radius 2 is 2.00 bits per heavy atom. The molecule has 0 unspecified atom stereocenters. The van der Waals surface area contributed by atoms with Gasteiger partial charge in [-0.15, -0.1) is 0 Å². The topological polar surface area (TPSA) is 54.4 Å². The van der Waals surface area contributed by atoms with E-state index in [0.29, 0.717) is 12.6 Å². The number of rotatable bonds is 6. The van der Waals surface area contributed by atoms with Gasteiger partial charge in [0.05, 0.1) is 0 Å². The van der Waals surface area contributed by atoms with Crippen molar-refractivity contribution in [3.05, 3.63) is 0 Å². The highest BCUT2D eigenvalue weighted by molar-refractivity contribution is 7.23. The fourth-order valence-electron chi connectivity index (χ4n) is 0.629. The number of carbonyl (C=O) groups is 1. The maximum absolute atomic E-state index is 9.97. The van der Waals surface area contributed by atoms with Crippen LogP contribution in [0.2, 0.25) is 0 Å². The van der Waals surface area contributed by atoms with E-state index in [-0.39, 0.29) is 14.9 Å². The molecule has 0 aliphatic rings. The summed E-state index contributed by atoms with van der Waals surface area (Å²) in [7, 11) is 0.165. The first-order chi connectivity index (χ1) is 4.77. The monoisotopic (exact) mass is 162 g/mol. The molecule has 1 N–H and O–H groups in total. The molecule has 58 valence electrons.